The molecule has 23 heavy (non-hydrogen) atoms. The monoisotopic (exact) mass is 328 g/mol. The van der Waals surface area contributed by atoms with Crippen LogP contribution in [0.3, 0.4) is 0 Å². The van der Waals surface area contributed by atoms with E-state index in [1.54, 1.807) is 11.8 Å². The molecular formula is C19H24N2OS. The Kier molecular flexibility index (Phi) is 7.54. The number of carbonyl (C=O) groups excluding carboxylic acids is 1. The van der Waals surface area contributed by atoms with Crippen molar-refractivity contribution in [1.29, 1.82) is 0 Å². The Morgan fingerprint density at radius 3 is 2.39 bits per heavy atom. The summed E-state index contributed by atoms with van der Waals surface area (Å²) in [6, 6.07) is 20.5. The average Bonchev–Trinajstić information content (AvgIpc) is 2.60. The molecule has 0 aliphatic heterocycles. The van der Waals surface area contributed by atoms with Gasteiger partial charge in [-0.3, -0.25) is 4.79 Å². The molecule has 0 saturated carbocycles. The van der Waals surface area contributed by atoms with E-state index < -0.39 is 0 Å². The van der Waals surface area contributed by atoms with Gasteiger partial charge in [0.1, 0.15) is 0 Å². The largest absolute Gasteiger partial charge is 0.375 e. The molecular weight excluding hydrogens is 304 g/mol. The molecule has 0 atom stereocenters. The van der Waals surface area contributed by atoms with E-state index in [2.05, 4.69) is 41.5 Å². The standard InChI is InChI=1S/C19H24N2OS/c1-21(17-9-4-2-5-10-17)15-8-14-20-19(22)13-16-23-18-11-6-3-7-12-18/h2-7,9-12H,8,13-16H2,1H3,(H,20,22). The smallest absolute Gasteiger partial charge is 0.220 e. The molecule has 0 aromatic heterocycles. The van der Waals surface area contributed by atoms with Crippen molar-refractivity contribution < 1.29 is 4.79 Å². The fourth-order valence-corrected chi connectivity index (χ4v) is 3.10. The maximum Gasteiger partial charge on any atom is 0.220 e. The van der Waals surface area contributed by atoms with E-state index in [-0.39, 0.29) is 5.91 Å². The first-order chi connectivity index (χ1) is 11.3. The molecule has 0 fully saturated rings. The Hall–Kier alpha value is -1.94. The van der Waals surface area contributed by atoms with Crippen molar-refractivity contribution in [3.05, 3.63) is 60.7 Å². The van der Waals surface area contributed by atoms with Crippen molar-refractivity contribution in [1.82, 2.24) is 5.32 Å². The van der Waals surface area contributed by atoms with Crippen molar-refractivity contribution in [2.24, 2.45) is 0 Å². The predicted molar refractivity (Wildman–Crippen MR) is 99.1 cm³/mol. The lowest BCUT2D eigenvalue weighted by atomic mass is 10.3. The van der Waals surface area contributed by atoms with Gasteiger partial charge in [0, 0.05) is 42.9 Å². The van der Waals surface area contributed by atoms with Gasteiger partial charge >= 0.3 is 0 Å². The Morgan fingerprint density at radius 1 is 1.04 bits per heavy atom. The number of nitrogens with zero attached hydrogens (tertiary/aromatic N) is 1. The first-order valence-corrected chi connectivity index (χ1v) is 8.95. The van der Waals surface area contributed by atoms with Crippen molar-refractivity contribution >= 4 is 23.4 Å². The second-order valence-corrected chi connectivity index (χ2v) is 6.54. The fraction of sp³-hybridized carbons (Fsp3) is 0.316. The van der Waals surface area contributed by atoms with E-state index in [1.165, 1.54) is 10.6 Å². The zero-order chi connectivity index (χ0) is 16.3. The third-order valence-corrected chi connectivity index (χ3v) is 4.54. The minimum atomic E-state index is 0.135. The summed E-state index contributed by atoms with van der Waals surface area (Å²) in [6.07, 6.45) is 1.51. The molecule has 0 aliphatic carbocycles. The Morgan fingerprint density at radius 2 is 1.70 bits per heavy atom. The van der Waals surface area contributed by atoms with E-state index in [0.29, 0.717) is 6.42 Å². The fourth-order valence-electron chi connectivity index (χ4n) is 2.22. The summed E-state index contributed by atoms with van der Waals surface area (Å²) in [5.41, 5.74) is 1.21. The third-order valence-electron chi connectivity index (χ3n) is 3.53. The van der Waals surface area contributed by atoms with Crippen LogP contribution in [-0.2, 0) is 4.79 Å². The number of amides is 1. The maximum atomic E-state index is 11.8. The predicted octanol–water partition coefficient (Wildman–Crippen LogP) is 3.81. The SMILES string of the molecule is CN(CCCNC(=O)CCSc1ccccc1)c1ccccc1. The number of hydrogen-bond donors (Lipinski definition) is 1. The summed E-state index contributed by atoms with van der Waals surface area (Å²) in [4.78, 5) is 15.2. The molecule has 0 aliphatic rings. The second-order valence-electron chi connectivity index (χ2n) is 5.37. The Labute approximate surface area is 143 Å². The molecule has 0 unspecified atom stereocenters. The number of benzene rings is 2. The second kappa shape index (κ2) is 9.95. The van der Waals surface area contributed by atoms with Crippen LogP contribution in [0.4, 0.5) is 5.69 Å². The Balaban J connectivity index is 1.55. The van der Waals surface area contributed by atoms with Crippen molar-refractivity contribution in [3.8, 4) is 0 Å². The van der Waals surface area contributed by atoms with Crippen molar-refractivity contribution in [2.75, 3.05) is 30.8 Å². The van der Waals surface area contributed by atoms with Crippen LogP contribution >= 0.6 is 11.8 Å². The highest BCUT2D eigenvalue weighted by molar-refractivity contribution is 7.99. The molecule has 0 spiro atoms. The molecule has 4 heteroatoms. The average molecular weight is 328 g/mol. The minimum Gasteiger partial charge on any atom is -0.375 e. The molecule has 0 saturated heterocycles. The number of para-hydroxylation sites is 1. The molecule has 122 valence electrons. The lowest BCUT2D eigenvalue weighted by Gasteiger charge is -2.19. The van der Waals surface area contributed by atoms with E-state index >= 15 is 0 Å². The first kappa shape index (κ1) is 17.4. The van der Waals surface area contributed by atoms with Gasteiger partial charge in [-0.25, -0.2) is 0 Å². The first-order valence-electron chi connectivity index (χ1n) is 7.96. The van der Waals surface area contributed by atoms with Gasteiger partial charge in [-0.2, -0.15) is 0 Å². The van der Waals surface area contributed by atoms with E-state index in [0.717, 1.165) is 25.3 Å². The number of carbonyl (C=O) groups is 1. The molecule has 1 N–H and O–H groups in total. The lowest BCUT2D eigenvalue weighted by molar-refractivity contribution is -0.120. The molecule has 2 rings (SSSR count). The summed E-state index contributed by atoms with van der Waals surface area (Å²) in [5, 5.41) is 3.00. The molecule has 2 aromatic rings. The third kappa shape index (κ3) is 6.78. The van der Waals surface area contributed by atoms with Gasteiger partial charge in [0.05, 0.1) is 0 Å². The Bertz CT molecular complexity index is 574. The molecule has 2 aromatic carbocycles. The van der Waals surface area contributed by atoms with Crippen LogP contribution in [0.25, 0.3) is 0 Å². The van der Waals surface area contributed by atoms with Crippen LogP contribution < -0.4 is 10.2 Å². The molecule has 0 heterocycles. The number of nitrogens with one attached hydrogen (secondary N) is 1. The van der Waals surface area contributed by atoms with Crippen molar-refractivity contribution in [2.45, 2.75) is 17.7 Å². The zero-order valence-electron chi connectivity index (χ0n) is 13.6. The summed E-state index contributed by atoms with van der Waals surface area (Å²) in [7, 11) is 2.08. The lowest BCUT2D eigenvalue weighted by Crippen LogP contribution is -2.28. The van der Waals surface area contributed by atoms with Gasteiger partial charge in [0.2, 0.25) is 5.91 Å². The quantitative estimate of drug-likeness (QED) is 0.561. The number of thioether (sulfide) groups is 1. The molecule has 0 radical (unpaired) electrons. The highest BCUT2D eigenvalue weighted by atomic mass is 32.2. The van der Waals surface area contributed by atoms with Gasteiger partial charge in [-0.1, -0.05) is 36.4 Å². The van der Waals surface area contributed by atoms with Crippen LogP contribution in [0.1, 0.15) is 12.8 Å². The van der Waals surface area contributed by atoms with E-state index in [9.17, 15) is 4.79 Å². The number of rotatable bonds is 9. The molecule has 3 nitrogen and oxygen atoms in total. The highest BCUT2D eigenvalue weighted by Crippen LogP contribution is 2.17. The molecule has 1 amide bonds. The van der Waals surface area contributed by atoms with Gasteiger partial charge in [-0.15, -0.1) is 11.8 Å². The minimum absolute atomic E-state index is 0.135. The summed E-state index contributed by atoms with van der Waals surface area (Å²) >= 11 is 1.72. The van der Waals surface area contributed by atoms with Crippen molar-refractivity contribution in [3.63, 3.8) is 0 Å². The van der Waals surface area contributed by atoms with Gasteiger partial charge in [-0.05, 0) is 30.7 Å². The van der Waals surface area contributed by atoms with Gasteiger partial charge < -0.3 is 10.2 Å². The summed E-state index contributed by atoms with van der Waals surface area (Å²) in [5.74, 6) is 0.954. The normalized spacial score (nSPS) is 10.3. The number of hydrogen-bond acceptors (Lipinski definition) is 3. The van der Waals surface area contributed by atoms with Crippen LogP contribution in [-0.4, -0.2) is 31.8 Å². The molecule has 0 bridgehead atoms. The van der Waals surface area contributed by atoms with Crippen LogP contribution in [0.2, 0.25) is 0 Å². The topological polar surface area (TPSA) is 32.3 Å². The van der Waals surface area contributed by atoms with Crippen LogP contribution in [0.5, 0.6) is 0 Å². The summed E-state index contributed by atoms with van der Waals surface area (Å²) in [6.45, 7) is 1.66. The maximum absolute atomic E-state index is 11.8. The zero-order valence-corrected chi connectivity index (χ0v) is 14.4. The highest BCUT2D eigenvalue weighted by Gasteiger charge is 2.03. The summed E-state index contributed by atoms with van der Waals surface area (Å²) < 4.78 is 0. The van der Waals surface area contributed by atoms with Gasteiger partial charge in [0.15, 0.2) is 0 Å². The van der Waals surface area contributed by atoms with E-state index in [4.69, 9.17) is 0 Å². The van der Waals surface area contributed by atoms with Gasteiger partial charge in [0.25, 0.3) is 0 Å². The van der Waals surface area contributed by atoms with Crippen LogP contribution in [0.15, 0.2) is 65.6 Å². The van der Waals surface area contributed by atoms with Crippen LogP contribution in [0, 0.1) is 0 Å². The van der Waals surface area contributed by atoms with E-state index in [1.807, 2.05) is 36.4 Å². The number of anilines is 1.